The number of rotatable bonds is 5. The van der Waals surface area contributed by atoms with Crippen molar-refractivity contribution in [2.45, 2.75) is 13.3 Å². The molecule has 1 heterocycles. The van der Waals surface area contributed by atoms with Crippen LogP contribution in [-0.2, 0) is 14.4 Å². The van der Waals surface area contributed by atoms with E-state index in [0.717, 1.165) is 6.42 Å². The molecule has 1 aromatic rings. The highest BCUT2D eigenvalue weighted by atomic mass is 32.1. The molecular weight excluding hydrogens is 230 g/mol. The van der Waals surface area contributed by atoms with E-state index in [9.17, 15) is 4.79 Å². The molecule has 6 nitrogen and oxygen atoms in total. The predicted molar refractivity (Wildman–Crippen MR) is 61.3 cm³/mol. The summed E-state index contributed by atoms with van der Waals surface area (Å²) >= 11 is 1.22. The molecule has 0 atom stereocenters. The van der Waals surface area contributed by atoms with Gasteiger partial charge in [-0.25, -0.2) is 9.78 Å². The van der Waals surface area contributed by atoms with E-state index in [2.05, 4.69) is 14.9 Å². The maximum Gasteiger partial charge on any atom is 0.362 e. The maximum absolute atomic E-state index is 11.4. The van der Waals surface area contributed by atoms with Gasteiger partial charge in [-0.05, 0) is 6.42 Å². The molecule has 0 radical (unpaired) electrons. The van der Waals surface area contributed by atoms with E-state index in [1.54, 1.807) is 5.38 Å². The number of carbonyl (C=O) groups is 1. The minimum absolute atomic E-state index is 0.0314. The van der Waals surface area contributed by atoms with Crippen LogP contribution in [0.3, 0.4) is 0 Å². The summed E-state index contributed by atoms with van der Waals surface area (Å²) in [6, 6.07) is 0. The molecule has 0 saturated carbocycles. The number of ether oxygens (including phenoxy) is 1. The van der Waals surface area contributed by atoms with Gasteiger partial charge in [-0.15, -0.1) is 11.3 Å². The lowest BCUT2D eigenvalue weighted by molar-refractivity contribution is -0.132. The van der Waals surface area contributed by atoms with Gasteiger partial charge in [0.1, 0.15) is 12.3 Å². The number of thiazole rings is 1. The molecule has 0 aliphatic heterocycles. The van der Waals surface area contributed by atoms with Crippen LogP contribution in [0.4, 0.5) is 5.13 Å². The van der Waals surface area contributed by atoms with Crippen LogP contribution < -0.4 is 5.73 Å². The molecule has 0 saturated heterocycles. The Morgan fingerprint density at radius 2 is 2.44 bits per heavy atom. The van der Waals surface area contributed by atoms with E-state index in [-0.39, 0.29) is 5.71 Å². The van der Waals surface area contributed by atoms with Gasteiger partial charge in [0, 0.05) is 5.38 Å². The summed E-state index contributed by atoms with van der Waals surface area (Å²) in [5, 5.41) is 5.69. The number of hydrogen-bond acceptors (Lipinski definition) is 7. The zero-order valence-corrected chi connectivity index (χ0v) is 9.91. The molecule has 0 aromatic carbocycles. The van der Waals surface area contributed by atoms with Gasteiger partial charge in [-0.2, -0.15) is 0 Å². The number of oxime groups is 1. The first kappa shape index (κ1) is 12.4. The number of methoxy groups -OCH3 is 1. The molecule has 0 bridgehead atoms. The van der Waals surface area contributed by atoms with Gasteiger partial charge >= 0.3 is 5.97 Å². The summed E-state index contributed by atoms with van der Waals surface area (Å²) < 4.78 is 4.58. The summed E-state index contributed by atoms with van der Waals surface area (Å²) in [5.41, 5.74) is 5.87. The van der Waals surface area contributed by atoms with Crippen molar-refractivity contribution in [1.82, 2.24) is 4.98 Å². The molecule has 0 aliphatic carbocycles. The molecule has 2 N–H and O–H groups in total. The van der Waals surface area contributed by atoms with Gasteiger partial charge < -0.3 is 15.3 Å². The monoisotopic (exact) mass is 243 g/mol. The van der Waals surface area contributed by atoms with Gasteiger partial charge in [0.05, 0.1) is 7.11 Å². The highest BCUT2D eigenvalue weighted by Gasteiger charge is 2.18. The number of nitrogens with zero attached hydrogens (tertiary/aromatic N) is 2. The molecular formula is C9H13N3O3S. The lowest BCUT2D eigenvalue weighted by Gasteiger charge is -2.01. The van der Waals surface area contributed by atoms with Gasteiger partial charge in [0.2, 0.25) is 5.71 Å². The van der Waals surface area contributed by atoms with E-state index in [0.29, 0.717) is 17.4 Å². The number of nitrogen functional groups attached to an aromatic ring is 1. The van der Waals surface area contributed by atoms with Crippen LogP contribution >= 0.6 is 11.3 Å². The van der Waals surface area contributed by atoms with Crippen LogP contribution in [0.25, 0.3) is 0 Å². The van der Waals surface area contributed by atoms with E-state index in [1.807, 2.05) is 6.92 Å². The normalized spacial score (nSPS) is 11.2. The van der Waals surface area contributed by atoms with E-state index in [4.69, 9.17) is 10.6 Å². The molecule has 0 unspecified atom stereocenters. The van der Waals surface area contributed by atoms with Gasteiger partial charge in [0.15, 0.2) is 5.13 Å². The van der Waals surface area contributed by atoms with Crippen LogP contribution in [0.5, 0.6) is 0 Å². The number of carbonyl (C=O) groups excluding carboxylic acids is 1. The predicted octanol–water partition coefficient (Wildman–Crippen LogP) is 1.03. The van der Waals surface area contributed by atoms with Gasteiger partial charge in [0.25, 0.3) is 0 Å². The second-order valence-electron chi connectivity index (χ2n) is 2.84. The third-order valence-corrected chi connectivity index (χ3v) is 2.27. The Kier molecular flexibility index (Phi) is 4.71. The van der Waals surface area contributed by atoms with Gasteiger partial charge in [-0.3, -0.25) is 0 Å². The standard InChI is InChI=1S/C9H13N3O3S/c1-3-4-15-12-7(8(13)14-2)6-5-16-9(10)11-6/h5H,3-4H2,1-2H3,(H2,10,11). The summed E-state index contributed by atoms with van der Waals surface area (Å²) in [6.07, 6.45) is 0.803. The fraction of sp³-hybridized carbons (Fsp3) is 0.444. The quantitative estimate of drug-likeness (QED) is 0.361. The average molecular weight is 243 g/mol. The molecule has 1 aromatic heterocycles. The summed E-state index contributed by atoms with van der Waals surface area (Å²) in [4.78, 5) is 20.3. The molecule has 7 heteroatoms. The van der Waals surface area contributed by atoms with Crippen LogP contribution in [-0.4, -0.2) is 30.4 Å². The van der Waals surface area contributed by atoms with Crippen molar-refractivity contribution < 1.29 is 14.4 Å². The average Bonchev–Trinajstić information content (AvgIpc) is 2.70. The van der Waals surface area contributed by atoms with Crippen LogP contribution in [0.1, 0.15) is 19.0 Å². The minimum atomic E-state index is -0.596. The van der Waals surface area contributed by atoms with E-state index < -0.39 is 5.97 Å². The van der Waals surface area contributed by atoms with Crippen molar-refractivity contribution in [1.29, 1.82) is 0 Å². The van der Waals surface area contributed by atoms with Crippen molar-refractivity contribution >= 4 is 28.1 Å². The summed E-state index contributed by atoms with van der Waals surface area (Å²) in [6.45, 7) is 2.37. The second kappa shape index (κ2) is 6.06. The summed E-state index contributed by atoms with van der Waals surface area (Å²) in [7, 11) is 1.27. The van der Waals surface area contributed by atoms with Crippen LogP contribution in [0.2, 0.25) is 0 Å². The van der Waals surface area contributed by atoms with Crippen molar-refractivity contribution in [2.24, 2.45) is 5.16 Å². The SMILES string of the molecule is CCCON=C(C(=O)OC)c1csc(N)n1. The Bertz CT molecular complexity index is 389. The molecule has 0 aliphatic rings. The lowest BCUT2D eigenvalue weighted by atomic mass is 10.3. The molecule has 0 amide bonds. The Morgan fingerprint density at radius 1 is 1.69 bits per heavy atom. The molecule has 0 fully saturated rings. The number of aromatic nitrogens is 1. The first-order valence-corrected chi connectivity index (χ1v) is 5.56. The van der Waals surface area contributed by atoms with Crippen molar-refractivity contribution in [3.05, 3.63) is 11.1 Å². The lowest BCUT2D eigenvalue weighted by Crippen LogP contribution is -2.18. The Balaban J connectivity index is 2.87. The fourth-order valence-corrected chi connectivity index (χ4v) is 1.43. The van der Waals surface area contributed by atoms with Gasteiger partial charge in [-0.1, -0.05) is 12.1 Å². The third kappa shape index (κ3) is 3.20. The number of esters is 1. The van der Waals surface area contributed by atoms with Crippen LogP contribution in [0, 0.1) is 0 Å². The first-order chi connectivity index (χ1) is 7.69. The fourth-order valence-electron chi connectivity index (χ4n) is 0.883. The Labute approximate surface area is 97.1 Å². The van der Waals surface area contributed by atoms with Crippen molar-refractivity contribution in [3.8, 4) is 0 Å². The van der Waals surface area contributed by atoms with Crippen molar-refractivity contribution in [3.63, 3.8) is 0 Å². The van der Waals surface area contributed by atoms with E-state index in [1.165, 1.54) is 18.4 Å². The zero-order chi connectivity index (χ0) is 12.0. The minimum Gasteiger partial charge on any atom is -0.464 e. The zero-order valence-electron chi connectivity index (χ0n) is 9.10. The highest BCUT2D eigenvalue weighted by Crippen LogP contribution is 2.12. The number of nitrogens with two attached hydrogens (primary N) is 1. The Morgan fingerprint density at radius 3 is 2.94 bits per heavy atom. The molecule has 16 heavy (non-hydrogen) atoms. The third-order valence-electron chi connectivity index (χ3n) is 1.59. The first-order valence-electron chi connectivity index (χ1n) is 4.68. The smallest absolute Gasteiger partial charge is 0.362 e. The molecule has 88 valence electrons. The molecule has 0 spiro atoms. The molecule has 1 rings (SSSR count). The topological polar surface area (TPSA) is 86.8 Å². The van der Waals surface area contributed by atoms with E-state index >= 15 is 0 Å². The van der Waals surface area contributed by atoms with Crippen molar-refractivity contribution in [2.75, 3.05) is 19.5 Å². The van der Waals surface area contributed by atoms with Crippen LogP contribution in [0.15, 0.2) is 10.5 Å². The highest BCUT2D eigenvalue weighted by molar-refractivity contribution is 7.13. The Hall–Kier alpha value is -1.63. The number of hydrogen-bond donors (Lipinski definition) is 1. The second-order valence-corrected chi connectivity index (χ2v) is 3.73. The largest absolute Gasteiger partial charge is 0.464 e. The summed E-state index contributed by atoms with van der Waals surface area (Å²) in [5.74, 6) is -0.596. The maximum atomic E-state index is 11.4. The number of anilines is 1.